The second-order valence-corrected chi connectivity index (χ2v) is 7.48. The zero-order valence-corrected chi connectivity index (χ0v) is 15.2. The minimum Gasteiger partial charge on any atom is -0.353 e. The normalized spacial score (nSPS) is 15.3. The predicted octanol–water partition coefficient (Wildman–Crippen LogP) is 3.68. The van der Waals surface area contributed by atoms with Gasteiger partial charge in [-0.25, -0.2) is 9.97 Å². The van der Waals surface area contributed by atoms with Crippen molar-refractivity contribution in [1.29, 1.82) is 0 Å². The van der Waals surface area contributed by atoms with E-state index in [2.05, 4.69) is 44.7 Å². The number of aryl methyl sites for hydroxylation is 2. The van der Waals surface area contributed by atoms with Crippen LogP contribution in [0.15, 0.2) is 24.4 Å². The van der Waals surface area contributed by atoms with Gasteiger partial charge in [-0.1, -0.05) is 6.07 Å². The predicted molar refractivity (Wildman–Crippen MR) is 101 cm³/mol. The molecule has 1 fully saturated rings. The summed E-state index contributed by atoms with van der Waals surface area (Å²) in [5.74, 6) is 2.00. The lowest BCUT2D eigenvalue weighted by molar-refractivity contribution is 0.643. The van der Waals surface area contributed by atoms with E-state index in [1.54, 1.807) is 11.3 Å². The summed E-state index contributed by atoms with van der Waals surface area (Å²) in [6.45, 7) is 7.89. The lowest BCUT2D eigenvalue weighted by Gasteiger charge is -2.36. The summed E-state index contributed by atoms with van der Waals surface area (Å²) in [4.78, 5) is 20.3. The molecule has 7 heteroatoms. The summed E-state index contributed by atoms with van der Waals surface area (Å²) in [6, 6.07) is 6.03. The van der Waals surface area contributed by atoms with E-state index in [1.165, 1.54) is 10.4 Å². The molecule has 1 saturated heterocycles. The molecule has 3 aromatic heterocycles. The molecule has 4 rings (SSSR count). The molecule has 0 spiro atoms. The number of anilines is 2. The van der Waals surface area contributed by atoms with Crippen LogP contribution in [0, 0.1) is 13.8 Å². The molecule has 0 aliphatic carbocycles. The highest BCUT2D eigenvalue weighted by atomic mass is 35.5. The molecule has 0 bridgehead atoms. The standard InChI is InChI=1S/C17H18ClN5S/c1-11-12(2)24-16-14(11)15(20-17(18)21-16)23-9-7-22(8-10-23)13-5-3-4-6-19-13/h3-6H,7-10H2,1-2H3. The van der Waals surface area contributed by atoms with Crippen molar-refractivity contribution < 1.29 is 0 Å². The molecular formula is C17H18ClN5S. The highest BCUT2D eigenvalue weighted by Gasteiger charge is 2.23. The fourth-order valence-corrected chi connectivity index (χ4v) is 4.36. The van der Waals surface area contributed by atoms with E-state index >= 15 is 0 Å². The van der Waals surface area contributed by atoms with Crippen LogP contribution in [0.2, 0.25) is 5.28 Å². The molecule has 5 nitrogen and oxygen atoms in total. The van der Waals surface area contributed by atoms with Crippen molar-refractivity contribution in [3.8, 4) is 0 Å². The number of hydrogen-bond donors (Lipinski definition) is 0. The number of thiophene rings is 1. The quantitative estimate of drug-likeness (QED) is 0.653. The monoisotopic (exact) mass is 359 g/mol. The molecule has 24 heavy (non-hydrogen) atoms. The fourth-order valence-electron chi connectivity index (χ4n) is 3.12. The zero-order valence-electron chi connectivity index (χ0n) is 13.7. The third-order valence-corrected chi connectivity index (χ3v) is 5.80. The van der Waals surface area contributed by atoms with Crippen LogP contribution in [-0.4, -0.2) is 41.1 Å². The first-order valence-electron chi connectivity index (χ1n) is 7.97. The van der Waals surface area contributed by atoms with Gasteiger partial charge in [-0.05, 0) is 43.1 Å². The first-order valence-corrected chi connectivity index (χ1v) is 9.17. The number of aromatic nitrogens is 3. The number of nitrogens with zero attached hydrogens (tertiary/aromatic N) is 5. The minimum atomic E-state index is 0.325. The third kappa shape index (κ3) is 2.70. The van der Waals surface area contributed by atoms with Crippen LogP contribution >= 0.6 is 22.9 Å². The van der Waals surface area contributed by atoms with Gasteiger partial charge in [0.15, 0.2) is 0 Å². The van der Waals surface area contributed by atoms with E-state index in [0.717, 1.165) is 48.0 Å². The molecule has 3 aromatic rings. The van der Waals surface area contributed by atoms with Crippen LogP contribution in [0.1, 0.15) is 10.4 Å². The Morgan fingerprint density at radius 3 is 2.50 bits per heavy atom. The Morgan fingerprint density at radius 1 is 1.04 bits per heavy atom. The number of piperazine rings is 1. The van der Waals surface area contributed by atoms with Crippen LogP contribution in [0.4, 0.5) is 11.6 Å². The average molecular weight is 360 g/mol. The molecule has 0 atom stereocenters. The van der Waals surface area contributed by atoms with Gasteiger partial charge in [-0.15, -0.1) is 11.3 Å². The van der Waals surface area contributed by atoms with Crippen molar-refractivity contribution in [3.63, 3.8) is 0 Å². The lowest BCUT2D eigenvalue weighted by Crippen LogP contribution is -2.47. The number of halogens is 1. The van der Waals surface area contributed by atoms with Gasteiger partial charge in [0, 0.05) is 37.3 Å². The maximum atomic E-state index is 6.17. The zero-order chi connectivity index (χ0) is 16.7. The Bertz CT molecular complexity index is 872. The van der Waals surface area contributed by atoms with Crippen molar-refractivity contribution >= 4 is 44.8 Å². The summed E-state index contributed by atoms with van der Waals surface area (Å²) < 4.78 is 0. The second kappa shape index (κ2) is 6.18. The summed E-state index contributed by atoms with van der Waals surface area (Å²) in [5, 5.41) is 1.47. The van der Waals surface area contributed by atoms with Crippen molar-refractivity contribution in [3.05, 3.63) is 40.1 Å². The molecule has 0 radical (unpaired) electrons. The van der Waals surface area contributed by atoms with Gasteiger partial charge in [0.05, 0.1) is 5.39 Å². The first-order chi connectivity index (χ1) is 11.6. The Balaban J connectivity index is 1.63. The Morgan fingerprint density at radius 2 is 1.79 bits per heavy atom. The van der Waals surface area contributed by atoms with Crippen molar-refractivity contribution in [2.75, 3.05) is 36.0 Å². The van der Waals surface area contributed by atoms with E-state index in [-0.39, 0.29) is 0 Å². The van der Waals surface area contributed by atoms with Gasteiger partial charge in [0.25, 0.3) is 0 Å². The summed E-state index contributed by atoms with van der Waals surface area (Å²) in [5.41, 5.74) is 1.26. The molecule has 124 valence electrons. The van der Waals surface area contributed by atoms with E-state index in [1.807, 2.05) is 18.3 Å². The molecule has 0 unspecified atom stereocenters. The topological polar surface area (TPSA) is 45.2 Å². The Labute approximate surface area is 149 Å². The molecule has 0 saturated carbocycles. The SMILES string of the molecule is Cc1sc2nc(Cl)nc(N3CCN(c4ccccn4)CC3)c2c1C. The van der Waals surface area contributed by atoms with Crippen molar-refractivity contribution in [2.45, 2.75) is 13.8 Å². The number of hydrogen-bond acceptors (Lipinski definition) is 6. The fraction of sp³-hybridized carbons (Fsp3) is 0.353. The first kappa shape index (κ1) is 15.6. The second-order valence-electron chi connectivity index (χ2n) is 5.94. The number of rotatable bonds is 2. The summed E-state index contributed by atoms with van der Waals surface area (Å²) >= 11 is 7.85. The maximum absolute atomic E-state index is 6.17. The number of pyridine rings is 1. The van der Waals surface area contributed by atoms with E-state index in [9.17, 15) is 0 Å². The molecule has 0 aromatic carbocycles. The van der Waals surface area contributed by atoms with Gasteiger partial charge in [0.1, 0.15) is 16.5 Å². The molecule has 1 aliphatic heterocycles. The van der Waals surface area contributed by atoms with Crippen LogP contribution in [-0.2, 0) is 0 Å². The Kier molecular flexibility index (Phi) is 4.02. The smallest absolute Gasteiger partial charge is 0.225 e. The minimum absolute atomic E-state index is 0.325. The van der Waals surface area contributed by atoms with Crippen LogP contribution in [0.5, 0.6) is 0 Å². The van der Waals surface area contributed by atoms with Gasteiger partial charge in [-0.3, -0.25) is 0 Å². The molecular weight excluding hydrogens is 342 g/mol. The van der Waals surface area contributed by atoms with Gasteiger partial charge in [0.2, 0.25) is 5.28 Å². The maximum Gasteiger partial charge on any atom is 0.225 e. The third-order valence-electron chi connectivity index (χ3n) is 4.53. The summed E-state index contributed by atoms with van der Waals surface area (Å²) in [6.07, 6.45) is 1.84. The van der Waals surface area contributed by atoms with Crippen molar-refractivity contribution in [2.24, 2.45) is 0 Å². The van der Waals surface area contributed by atoms with E-state index < -0.39 is 0 Å². The lowest BCUT2D eigenvalue weighted by atomic mass is 10.2. The molecule has 4 heterocycles. The molecule has 0 N–H and O–H groups in total. The van der Waals surface area contributed by atoms with Gasteiger partial charge < -0.3 is 9.80 Å². The molecule has 1 aliphatic rings. The largest absolute Gasteiger partial charge is 0.353 e. The van der Waals surface area contributed by atoms with Crippen LogP contribution in [0.3, 0.4) is 0 Å². The average Bonchev–Trinajstić information content (AvgIpc) is 2.89. The molecule has 0 amide bonds. The van der Waals surface area contributed by atoms with Gasteiger partial charge in [-0.2, -0.15) is 4.98 Å². The van der Waals surface area contributed by atoms with E-state index in [0.29, 0.717) is 5.28 Å². The van der Waals surface area contributed by atoms with Crippen LogP contribution < -0.4 is 9.80 Å². The Hall–Kier alpha value is -1.92. The highest BCUT2D eigenvalue weighted by molar-refractivity contribution is 7.18. The number of fused-ring (bicyclic) bond motifs is 1. The van der Waals surface area contributed by atoms with Crippen molar-refractivity contribution in [1.82, 2.24) is 15.0 Å². The van der Waals surface area contributed by atoms with Crippen LogP contribution in [0.25, 0.3) is 10.2 Å². The highest BCUT2D eigenvalue weighted by Crippen LogP contribution is 2.36. The van der Waals surface area contributed by atoms with Gasteiger partial charge >= 0.3 is 0 Å². The summed E-state index contributed by atoms with van der Waals surface area (Å²) in [7, 11) is 0. The van der Waals surface area contributed by atoms with E-state index in [4.69, 9.17) is 11.6 Å².